The third kappa shape index (κ3) is 5.72. The van der Waals surface area contributed by atoms with E-state index in [0.717, 1.165) is 0 Å². The number of carboxylic acids is 1. The SMILES string of the molecule is CC(CCC(=O)O)CNC(=O)Nc1cc(F)c(F)c(F)c1. The first kappa shape index (κ1) is 16.8. The topological polar surface area (TPSA) is 78.4 Å². The van der Waals surface area contributed by atoms with Gasteiger partial charge in [-0.3, -0.25) is 4.79 Å². The molecule has 1 aromatic rings. The van der Waals surface area contributed by atoms with Crippen LogP contribution in [-0.4, -0.2) is 23.7 Å². The molecule has 8 heteroatoms. The average molecular weight is 304 g/mol. The maximum Gasteiger partial charge on any atom is 0.319 e. The number of carbonyl (C=O) groups is 2. The summed E-state index contributed by atoms with van der Waals surface area (Å²) >= 11 is 0. The molecule has 0 aliphatic carbocycles. The molecule has 1 atom stereocenters. The Labute approximate surface area is 119 Å². The Hall–Kier alpha value is -2.25. The molecule has 0 aliphatic rings. The van der Waals surface area contributed by atoms with E-state index in [1.165, 1.54) is 0 Å². The van der Waals surface area contributed by atoms with Gasteiger partial charge in [0.15, 0.2) is 17.5 Å². The average Bonchev–Trinajstić information content (AvgIpc) is 2.40. The quantitative estimate of drug-likeness (QED) is 0.707. The van der Waals surface area contributed by atoms with Gasteiger partial charge < -0.3 is 15.7 Å². The lowest BCUT2D eigenvalue weighted by Crippen LogP contribution is -2.32. The standard InChI is InChI=1S/C13H15F3N2O3/c1-7(2-3-11(19)20)6-17-13(21)18-8-4-9(14)12(16)10(15)5-8/h4-5,7H,2-3,6H2,1H3,(H,19,20)(H2,17,18,21). The van der Waals surface area contributed by atoms with Crippen molar-refractivity contribution in [1.82, 2.24) is 5.32 Å². The van der Waals surface area contributed by atoms with E-state index in [4.69, 9.17) is 5.11 Å². The van der Waals surface area contributed by atoms with Crippen molar-refractivity contribution in [3.63, 3.8) is 0 Å². The van der Waals surface area contributed by atoms with Crippen molar-refractivity contribution in [2.24, 2.45) is 5.92 Å². The van der Waals surface area contributed by atoms with E-state index in [9.17, 15) is 22.8 Å². The van der Waals surface area contributed by atoms with Gasteiger partial charge in [0, 0.05) is 30.8 Å². The lowest BCUT2D eigenvalue weighted by Gasteiger charge is -2.12. The lowest BCUT2D eigenvalue weighted by molar-refractivity contribution is -0.137. The molecule has 1 rings (SSSR count). The number of nitrogens with one attached hydrogen (secondary N) is 2. The van der Waals surface area contributed by atoms with Crippen LogP contribution in [0.1, 0.15) is 19.8 Å². The number of hydrogen-bond acceptors (Lipinski definition) is 2. The molecule has 0 bridgehead atoms. The van der Waals surface area contributed by atoms with Crippen LogP contribution < -0.4 is 10.6 Å². The summed E-state index contributed by atoms with van der Waals surface area (Å²) in [5, 5.41) is 13.1. The third-order valence-corrected chi connectivity index (χ3v) is 2.70. The van der Waals surface area contributed by atoms with Crippen LogP contribution >= 0.6 is 0 Å². The summed E-state index contributed by atoms with van der Waals surface area (Å²) in [6.07, 6.45) is 0.369. The Bertz CT molecular complexity index is 514. The van der Waals surface area contributed by atoms with Crippen LogP contribution in [0, 0.1) is 23.4 Å². The highest BCUT2D eigenvalue weighted by molar-refractivity contribution is 5.89. The summed E-state index contributed by atoms with van der Waals surface area (Å²) in [7, 11) is 0. The van der Waals surface area contributed by atoms with Crippen molar-refractivity contribution < 1.29 is 27.9 Å². The maximum absolute atomic E-state index is 12.9. The highest BCUT2D eigenvalue weighted by Crippen LogP contribution is 2.17. The van der Waals surface area contributed by atoms with Gasteiger partial charge in [0.25, 0.3) is 0 Å². The van der Waals surface area contributed by atoms with Crippen molar-refractivity contribution in [3.8, 4) is 0 Å². The summed E-state index contributed by atoms with van der Waals surface area (Å²) in [5.74, 6) is -5.42. The van der Waals surface area contributed by atoms with Gasteiger partial charge in [-0.1, -0.05) is 6.92 Å². The lowest BCUT2D eigenvalue weighted by atomic mass is 10.1. The minimum atomic E-state index is -1.61. The normalized spacial score (nSPS) is 11.8. The molecule has 0 saturated carbocycles. The van der Waals surface area contributed by atoms with Crippen LogP contribution in [0.15, 0.2) is 12.1 Å². The number of carboxylic acid groups (broad SMARTS) is 1. The van der Waals surface area contributed by atoms with E-state index in [2.05, 4.69) is 10.6 Å². The van der Waals surface area contributed by atoms with E-state index in [1.54, 1.807) is 6.92 Å². The summed E-state index contributed by atoms with van der Waals surface area (Å²) in [4.78, 5) is 21.9. The molecule has 116 valence electrons. The van der Waals surface area contributed by atoms with Crippen molar-refractivity contribution in [2.75, 3.05) is 11.9 Å². The molecule has 0 fully saturated rings. The molecule has 1 aromatic carbocycles. The zero-order chi connectivity index (χ0) is 16.0. The highest BCUT2D eigenvalue weighted by atomic mass is 19.2. The first-order chi connectivity index (χ1) is 9.79. The predicted octanol–water partition coefficient (Wildman–Crippen LogP) is 2.73. The number of aliphatic carboxylic acids is 1. The van der Waals surface area contributed by atoms with Crippen LogP contribution in [0.4, 0.5) is 23.7 Å². The van der Waals surface area contributed by atoms with Crippen LogP contribution in [0.5, 0.6) is 0 Å². The molecule has 21 heavy (non-hydrogen) atoms. The monoisotopic (exact) mass is 304 g/mol. The van der Waals surface area contributed by atoms with Crippen molar-refractivity contribution in [1.29, 1.82) is 0 Å². The number of anilines is 1. The van der Waals surface area contributed by atoms with Gasteiger partial charge in [0.1, 0.15) is 0 Å². The molecule has 1 unspecified atom stereocenters. The maximum atomic E-state index is 12.9. The fourth-order valence-corrected chi connectivity index (χ4v) is 1.54. The summed E-state index contributed by atoms with van der Waals surface area (Å²) in [6, 6.07) is 0.597. The molecule has 0 radical (unpaired) electrons. The number of urea groups is 1. The van der Waals surface area contributed by atoms with Gasteiger partial charge in [-0.05, 0) is 12.3 Å². The first-order valence-electron chi connectivity index (χ1n) is 6.20. The molecular formula is C13H15F3N2O3. The van der Waals surface area contributed by atoms with Gasteiger partial charge in [0.05, 0.1) is 0 Å². The summed E-state index contributed by atoms with van der Waals surface area (Å²) in [6.45, 7) is 1.95. The number of halogens is 3. The smallest absolute Gasteiger partial charge is 0.319 e. The van der Waals surface area contributed by atoms with Gasteiger partial charge in [-0.2, -0.15) is 0 Å². The van der Waals surface area contributed by atoms with Gasteiger partial charge >= 0.3 is 12.0 Å². The number of rotatable bonds is 6. The number of carbonyl (C=O) groups excluding carboxylic acids is 1. The van der Waals surface area contributed by atoms with Gasteiger partial charge in [-0.25, -0.2) is 18.0 Å². The van der Waals surface area contributed by atoms with Crippen molar-refractivity contribution in [3.05, 3.63) is 29.6 Å². The number of benzene rings is 1. The second-order valence-corrected chi connectivity index (χ2v) is 4.63. The van der Waals surface area contributed by atoms with E-state index in [-0.39, 0.29) is 24.6 Å². The second-order valence-electron chi connectivity index (χ2n) is 4.63. The largest absolute Gasteiger partial charge is 0.481 e. The highest BCUT2D eigenvalue weighted by Gasteiger charge is 2.12. The molecule has 5 nitrogen and oxygen atoms in total. The van der Waals surface area contributed by atoms with E-state index in [0.29, 0.717) is 18.6 Å². The Morgan fingerprint density at radius 3 is 2.33 bits per heavy atom. The van der Waals surface area contributed by atoms with Crippen LogP contribution in [-0.2, 0) is 4.79 Å². The Kier molecular flexibility index (Phi) is 6.01. The fourth-order valence-electron chi connectivity index (χ4n) is 1.54. The minimum absolute atomic E-state index is 0.0150. The Morgan fingerprint density at radius 2 is 1.81 bits per heavy atom. The molecular weight excluding hydrogens is 289 g/mol. The molecule has 0 heterocycles. The first-order valence-corrected chi connectivity index (χ1v) is 6.20. The third-order valence-electron chi connectivity index (χ3n) is 2.70. The predicted molar refractivity (Wildman–Crippen MR) is 69.4 cm³/mol. The van der Waals surface area contributed by atoms with Crippen molar-refractivity contribution in [2.45, 2.75) is 19.8 Å². The molecule has 2 amide bonds. The van der Waals surface area contributed by atoms with Crippen molar-refractivity contribution >= 4 is 17.7 Å². The fraction of sp³-hybridized carbons (Fsp3) is 0.385. The van der Waals surface area contributed by atoms with E-state index >= 15 is 0 Å². The number of amides is 2. The zero-order valence-electron chi connectivity index (χ0n) is 11.3. The second kappa shape index (κ2) is 7.51. The van der Waals surface area contributed by atoms with E-state index in [1.807, 2.05) is 0 Å². The van der Waals surface area contributed by atoms with Gasteiger partial charge in [-0.15, -0.1) is 0 Å². The summed E-state index contributed by atoms with van der Waals surface area (Å²) < 4.78 is 38.6. The minimum Gasteiger partial charge on any atom is -0.481 e. The summed E-state index contributed by atoms with van der Waals surface area (Å²) in [5.41, 5.74) is -0.220. The molecule has 3 N–H and O–H groups in total. The molecule has 0 spiro atoms. The van der Waals surface area contributed by atoms with Crippen LogP contribution in [0.3, 0.4) is 0 Å². The van der Waals surface area contributed by atoms with E-state index < -0.39 is 29.5 Å². The van der Waals surface area contributed by atoms with Gasteiger partial charge in [0.2, 0.25) is 0 Å². The molecule has 0 saturated heterocycles. The zero-order valence-corrected chi connectivity index (χ0v) is 11.3. The molecule has 0 aliphatic heterocycles. The Morgan fingerprint density at radius 1 is 1.24 bits per heavy atom. The number of hydrogen-bond donors (Lipinski definition) is 3. The van der Waals surface area contributed by atoms with Crippen LogP contribution in [0.2, 0.25) is 0 Å². The Balaban J connectivity index is 2.45. The molecule has 0 aromatic heterocycles. The van der Waals surface area contributed by atoms with Crippen LogP contribution in [0.25, 0.3) is 0 Å².